The molecule has 1 aromatic heterocycles. The van der Waals surface area contributed by atoms with Crippen LogP contribution in [0.2, 0.25) is 0 Å². The summed E-state index contributed by atoms with van der Waals surface area (Å²) in [7, 11) is 0. The minimum absolute atomic E-state index is 0.422. The van der Waals surface area contributed by atoms with Crippen LogP contribution in [0, 0.1) is 0 Å². The van der Waals surface area contributed by atoms with Gasteiger partial charge in [0.2, 0.25) is 0 Å². The second-order valence-electron chi connectivity index (χ2n) is 7.52. The first-order chi connectivity index (χ1) is 13.9. The van der Waals surface area contributed by atoms with Crippen molar-refractivity contribution < 1.29 is 9.53 Å². The summed E-state index contributed by atoms with van der Waals surface area (Å²) in [6, 6.07) is 10.1. The molecule has 0 atom stereocenters. The van der Waals surface area contributed by atoms with Crippen molar-refractivity contribution in [1.29, 1.82) is 0 Å². The molecule has 1 amide bonds. The number of rotatable bonds is 8. The van der Waals surface area contributed by atoms with Gasteiger partial charge in [-0.05, 0) is 44.9 Å². The van der Waals surface area contributed by atoms with Gasteiger partial charge in [0.25, 0.3) is 0 Å². The van der Waals surface area contributed by atoms with Crippen LogP contribution in [0.5, 0.6) is 0 Å². The molecule has 29 heavy (non-hydrogen) atoms. The van der Waals surface area contributed by atoms with Gasteiger partial charge in [-0.2, -0.15) is 5.10 Å². The molecule has 0 radical (unpaired) electrons. The van der Waals surface area contributed by atoms with E-state index in [4.69, 9.17) is 4.74 Å². The largest absolute Gasteiger partial charge is 0.444 e. The monoisotopic (exact) mass is 400 g/mol. The number of guanidine groups is 1. The second kappa shape index (κ2) is 11.1. The average Bonchev–Trinajstić information content (AvgIpc) is 3.16. The number of carbonyl (C=O) groups is 1. The van der Waals surface area contributed by atoms with Gasteiger partial charge in [-0.15, -0.1) is 0 Å². The minimum atomic E-state index is -0.503. The quantitative estimate of drug-likeness (QED) is 0.360. The highest BCUT2D eigenvalue weighted by Gasteiger charge is 2.15. The lowest BCUT2D eigenvalue weighted by Crippen LogP contribution is -2.42. The molecule has 158 valence electrons. The number of alkyl carbamates (subject to hydrolysis) is 1. The van der Waals surface area contributed by atoms with Crippen molar-refractivity contribution >= 4 is 12.1 Å². The van der Waals surface area contributed by atoms with Crippen LogP contribution in [0.3, 0.4) is 0 Å². The smallest absolute Gasteiger partial charge is 0.407 e. The maximum atomic E-state index is 11.7. The maximum Gasteiger partial charge on any atom is 0.407 e. The number of nitrogens with zero attached hydrogens (tertiary/aromatic N) is 3. The molecule has 3 N–H and O–H groups in total. The van der Waals surface area contributed by atoms with E-state index < -0.39 is 11.7 Å². The van der Waals surface area contributed by atoms with E-state index >= 15 is 0 Å². The molecule has 0 fully saturated rings. The Bertz CT molecular complexity index is 781. The first kappa shape index (κ1) is 22.3. The third-order valence-electron chi connectivity index (χ3n) is 3.85. The molecule has 1 aromatic carbocycles. The highest BCUT2D eigenvalue weighted by atomic mass is 16.6. The predicted octanol–water partition coefficient (Wildman–Crippen LogP) is 2.51. The number of aromatic nitrogens is 2. The van der Waals surface area contributed by atoms with Crippen LogP contribution in [-0.2, 0) is 17.8 Å². The third kappa shape index (κ3) is 8.68. The molecular weight excluding hydrogens is 368 g/mol. The molecule has 0 saturated heterocycles. The van der Waals surface area contributed by atoms with E-state index in [0.717, 1.165) is 12.1 Å². The van der Waals surface area contributed by atoms with Crippen LogP contribution in [0.4, 0.5) is 4.79 Å². The van der Waals surface area contributed by atoms with E-state index in [-0.39, 0.29) is 0 Å². The normalized spacial score (nSPS) is 11.8. The van der Waals surface area contributed by atoms with Crippen LogP contribution in [0.1, 0.15) is 38.8 Å². The summed E-state index contributed by atoms with van der Waals surface area (Å²) in [6.45, 7) is 10.5. The topological polar surface area (TPSA) is 92.6 Å². The number of nitrogens with one attached hydrogen (secondary N) is 3. The van der Waals surface area contributed by atoms with Crippen LogP contribution < -0.4 is 16.0 Å². The number of ether oxygens (including phenoxy) is 1. The van der Waals surface area contributed by atoms with E-state index in [1.165, 1.54) is 5.56 Å². The Hall–Kier alpha value is -3.03. The molecule has 2 rings (SSSR count). The maximum absolute atomic E-state index is 11.7. The van der Waals surface area contributed by atoms with Crippen molar-refractivity contribution in [2.75, 3.05) is 19.6 Å². The molecular formula is C21H32N6O2. The molecule has 0 aliphatic heterocycles. The van der Waals surface area contributed by atoms with Crippen molar-refractivity contribution in [1.82, 2.24) is 25.7 Å². The predicted molar refractivity (Wildman–Crippen MR) is 115 cm³/mol. The fourth-order valence-corrected chi connectivity index (χ4v) is 2.60. The molecule has 0 bridgehead atoms. The van der Waals surface area contributed by atoms with Crippen LogP contribution in [0.25, 0.3) is 0 Å². The summed E-state index contributed by atoms with van der Waals surface area (Å²) in [6.07, 6.45) is 3.30. The van der Waals surface area contributed by atoms with Gasteiger partial charge < -0.3 is 20.7 Å². The first-order valence-corrected chi connectivity index (χ1v) is 9.90. The molecule has 2 aromatic rings. The zero-order valence-electron chi connectivity index (χ0n) is 17.7. The van der Waals surface area contributed by atoms with Gasteiger partial charge in [0.05, 0.1) is 13.1 Å². The SMILES string of the molecule is CCNC(=NCc1ccccc1Cn1cccn1)NCCNC(=O)OC(C)(C)C. The highest BCUT2D eigenvalue weighted by molar-refractivity contribution is 5.79. The van der Waals surface area contributed by atoms with E-state index in [0.29, 0.717) is 32.1 Å². The van der Waals surface area contributed by atoms with Crippen LogP contribution >= 0.6 is 0 Å². The Kier molecular flexibility index (Phi) is 8.51. The van der Waals surface area contributed by atoms with Crippen molar-refractivity contribution in [3.8, 4) is 0 Å². The summed E-state index contributed by atoms with van der Waals surface area (Å²) in [5.74, 6) is 0.701. The first-order valence-electron chi connectivity index (χ1n) is 9.90. The van der Waals surface area contributed by atoms with Crippen molar-refractivity contribution in [3.63, 3.8) is 0 Å². The summed E-state index contributed by atoms with van der Waals surface area (Å²) in [5.41, 5.74) is 1.83. The molecule has 8 heteroatoms. The number of aliphatic imine (C=N–C) groups is 1. The summed E-state index contributed by atoms with van der Waals surface area (Å²) < 4.78 is 7.12. The van der Waals surface area contributed by atoms with Gasteiger partial charge in [0.1, 0.15) is 5.60 Å². The molecule has 0 spiro atoms. The molecule has 0 aliphatic carbocycles. The standard InChI is InChI=1S/C21H32N6O2/c1-5-22-19(23-12-13-24-20(28)29-21(2,3)4)25-15-17-9-6-7-10-18(17)16-27-14-8-11-26-27/h6-11,14H,5,12-13,15-16H2,1-4H3,(H,24,28)(H2,22,23,25). The lowest BCUT2D eigenvalue weighted by atomic mass is 10.1. The minimum Gasteiger partial charge on any atom is -0.444 e. The van der Waals surface area contributed by atoms with Crippen LogP contribution in [-0.4, -0.2) is 47.1 Å². The number of hydrogen-bond donors (Lipinski definition) is 3. The highest BCUT2D eigenvalue weighted by Crippen LogP contribution is 2.11. The van der Waals surface area contributed by atoms with Gasteiger partial charge in [-0.1, -0.05) is 24.3 Å². The summed E-state index contributed by atoms with van der Waals surface area (Å²) in [4.78, 5) is 16.4. The molecule has 8 nitrogen and oxygen atoms in total. The lowest BCUT2D eigenvalue weighted by molar-refractivity contribution is 0.0529. The average molecular weight is 401 g/mol. The van der Waals surface area contributed by atoms with Crippen molar-refractivity contribution in [2.24, 2.45) is 4.99 Å². The van der Waals surface area contributed by atoms with Gasteiger partial charge >= 0.3 is 6.09 Å². The third-order valence-corrected chi connectivity index (χ3v) is 3.85. The van der Waals surface area contributed by atoms with Gasteiger partial charge in [-0.3, -0.25) is 4.68 Å². The van der Waals surface area contributed by atoms with Crippen molar-refractivity contribution in [2.45, 2.75) is 46.4 Å². The summed E-state index contributed by atoms with van der Waals surface area (Å²) in [5, 5.41) is 13.4. The Balaban J connectivity index is 1.88. The number of hydrogen-bond acceptors (Lipinski definition) is 4. The van der Waals surface area contributed by atoms with Gasteiger partial charge in [0, 0.05) is 32.0 Å². The molecule has 0 aliphatic rings. The molecule has 0 unspecified atom stereocenters. The number of benzene rings is 1. The second-order valence-corrected chi connectivity index (χ2v) is 7.52. The van der Waals surface area contributed by atoms with Gasteiger partial charge in [0.15, 0.2) is 5.96 Å². The van der Waals surface area contributed by atoms with Crippen LogP contribution in [0.15, 0.2) is 47.7 Å². The fraction of sp³-hybridized carbons (Fsp3) is 0.476. The zero-order valence-corrected chi connectivity index (χ0v) is 17.7. The Morgan fingerprint density at radius 3 is 2.48 bits per heavy atom. The van der Waals surface area contributed by atoms with E-state index in [1.807, 2.05) is 56.8 Å². The summed E-state index contributed by atoms with van der Waals surface area (Å²) >= 11 is 0. The Labute approximate surface area is 172 Å². The fourth-order valence-electron chi connectivity index (χ4n) is 2.60. The zero-order chi connectivity index (χ0) is 21.1. The van der Waals surface area contributed by atoms with E-state index in [9.17, 15) is 4.79 Å². The van der Waals surface area contributed by atoms with Crippen molar-refractivity contribution in [3.05, 3.63) is 53.9 Å². The Morgan fingerprint density at radius 2 is 1.83 bits per heavy atom. The molecule has 0 saturated carbocycles. The number of amides is 1. The lowest BCUT2D eigenvalue weighted by Gasteiger charge is -2.20. The Morgan fingerprint density at radius 1 is 1.10 bits per heavy atom. The molecule has 1 heterocycles. The number of carbonyl (C=O) groups excluding carboxylic acids is 1. The van der Waals surface area contributed by atoms with Gasteiger partial charge in [-0.25, -0.2) is 9.79 Å². The van der Waals surface area contributed by atoms with E-state index in [1.54, 1.807) is 6.20 Å². The van der Waals surface area contributed by atoms with E-state index in [2.05, 4.69) is 38.2 Å².